The number of amides is 3. The molecule has 2 heterocycles. The van der Waals surface area contributed by atoms with Crippen molar-refractivity contribution < 1.29 is 23.9 Å². The molecule has 1 N–H and O–H groups in total. The lowest BCUT2D eigenvalue weighted by Gasteiger charge is -2.19. The molecule has 130 valence electrons. The van der Waals surface area contributed by atoms with Crippen LogP contribution in [0, 0.1) is 11.8 Å². The molecule has 2 atom stereocenters. The van der Waals surface area contributed by atoms with Crippen molar-refractivity contribution in [3.8, 4) is 11.5 Å². The van der Waals surface area contributed by atoms with Crippen LogP contribution in [0.15, 0.2) is 30.4 Å². The predicted molar refractivity (Wildman–Crippen MR) is 88.1 cm³/mol. The fraction of sp³-hybridized carbons (Fsp3) is 0.389. The highest BCUT2D eigenvalue weighted by Gasteiger charge is 2.47. The van der Waals surface area contributed by atoms with Gasteiger partial charge in [0.05, 0.1) is 11.8 Å². The van der Waals surface area contributed by atoms with Crippen molar-refractivity contribution in [2.45, 2.75) is 12.8 Å². The Balaban J connectivity index is 1.42. The monoisotopic (exact) mass is 342 g/mol. The summed E-state index contributed by atoms with van der Waals surface area (Å²) in [6, 6.07) is 5.09. The van der Waals surface area contributed by atoms with Gasteiger partial charge < -0.3 is 14.8 Å². The molecule has 0 spiro atoms. The van der Waals surface area contributed by atoms with Crippen LogP contribution in [-0.4, -0.2) is 42.4 Å². The van der Waals surface area contributed by atoms with E-state index >= 15 is 0 Å². The fourth-order valence-electron chi connectivity index (χ4n) is 3.49. The van der Waals surface area contributed by atoms with E-state index in [1.54, 1.807) is 18.2 Å². The summed E-state index contributed by atoms with van der Waals surface area (Å²) in [4.78, 5) is 38.1. The number of likely N-dealkylation sites (tertiary alicyclic amines) is 1. The van der Waals surface area contributed by atoms with E-state index in [-0.39, 0.29) is 30.2 Å². The standard InChI is InChI=1S/C18H18N2O5/c21-16(19-11-5-6-14-15(9-11)25-8-7-24-14)10-20-17(22)12-3-1-2-4-13(12)18(20)23/h1-2,5-6,9,12-13H,3-4,7-8,10H2,(H,19,21)/t12-,13-/m1/s1. The van der Waals surface area contributed by atoms with E-state index in [0.29, 0.717) is 43.2 Å². The molecule has 1 aromatic carbocycles. The van der Waals surface area contributed by atoms with Crippen molar-refractivity contribution in [1.29, 1.82) is 0 Å². The number of fused-ring (bicyclic) bond motifs is 2. The molecule has 7 nitrogen and oxygen atoms in total. The lowest BCUT2D eigenvalue weighted by Crippen LogP contribution is -2.38. The summed E-state index contributed by atoms with van der Waals surface area (Å²) in [6.07, 6.45) is 4.97. The third-order valence-corrected chi connectivity index (χ3v) is 4.73. The Kier molecular flexibility index (Phi) is 3.91. The molecule has 0 bridgehead atoms. The van der Waals surface area contributed by atoms with Crippen LogP contribution < -0.4 is 14.8 Å². The molecule has 1 saturated heterocycles. The van der Waals surface area contributed by atoms with Gasteiger partial charge in [0.2, 0.25) is 17.7 Å². The van der Waals surface area contributed by atoms with Gasteiger partial charge in [-0.05, 0) is 25.0 Å². The first-order valence-corrected chi connectivity index (χ1v) is 8.33. The Bertz CT molecular complexity index is 747. The smallest absolute Gasteiger partial charge is 0.244 e. The van der Waals surface area contributed by atoms with Gasteiger partial charge in [0.25, 0.3) is 0 Å². The van der Waals surface area contributed by atoms with Gasteiger partial charge in [-0.25, -0.2) is 0 Å². The molecule has 1 fully saturated rings. The van der Waals surface area contributed by atoms with Crippen molar-refractivity contribution >= 4 is 23.4 Å². The maximum Gasteiger partial charge on any atom is 0.244 e. The molecule has 2 aliphatic heterocycles. The number of benzene rings is 1. The van der Waals surface area contributed by atoms with Crippen LogP contribution >= 0.6 is 0 Å². The van der Waals surface area contributed by atoms with E-state index in [2.05, 4.69) is 5.32 Å². The molecule has 0 radical (unpaired) electrons. The van der Waals surface area contributed by atoms with Crippen LogP contribution in [0.3, 0.4) is 0 Å². The number of allylic oxidation sites excluding steroid dienone is 2. The fourth-order valence-corrected chi connectivity index (χ4v) is 3.49. The number of carbonyl (C=O) groups excluding carboxylic acids is 3. The van der Waals surface area contributed by atoms with Gasteiger partial charge in [0, 0.05) is 11.8 Å². The Morgan fingerprint density at radius 1 is 1.04 bits per heavy atom. The SMILES string of the molecule is O=C(CN1C(=O)[C@@H]2CC=CC[C@H]2C1=O)Nc1ccc2c(c1)OCCO2. The summed E-state index contributed by atoms with van der Waals surface area (Å²) < 4.78 is 10.9. The average molecular weight is 342 g/mol. The zero-order valence-electron chi connectivity index (χ0n) is 13.6. The topological polar surface area (TPSA) is 84.9 Å². The van der Waals surface area contributed by atoms with Crippen molar-refractivity contribution in [2.24, 2.45) is 11.8 Å². The van der Waals surface area contributed by atoms with E-state index in [9.17, 15) is 14.4 Å². The molecular weight excluding hydrogens is 324 g/mol. The van der Waals surface area contributed by atoms with Gasteiger partial charge in [-0.15, -0.1) is 0 Å². The highest BCUT2D eigenvalue weighted by Crippen LogP contribution is 2.35. The predicted octanol–water partition coefficient (Wildman–Crippen LogP) is 1.35. The number of ether oxygens (including phenoxy) is 2. The van der Waals surface area contributed by atoms with E-state index < -0.39 is 5.91 Å². The van der Waals surface area contributed by atoms with Gasteiger partial charge in [0.15, 0.2) is 11.5 Å². The molecule has 7 heteroatoms. The van der Waals surface area contributed by atoms with E-state index in [4.69, 9.17) is 9.47 Å². The summed E-state index contributed by atoms with van der Waals surface area (Å²) in [5, 5.41) is 2.71. The molecule has 1 aromatic rings. The minimum absolute atomic E-state index is 0.253. The largest absolute Gasteiger partial charge is 0.486 e. The van der Waals surface area contributed by atoms with Crippen molar-refractivity contribution in [2.75, 3.05) is 25.1 Å². The van der Waals surface area contributed by atoms with Crippen LogP contribution in [0.5, 0.6) is 11.5 Å². The van der Waals surface area contributed by atoms with Gasteiger partial charge in [0.1, 0.15) is 19.8 Å². The first-order valence-electron chi connectivity index (χ1n) is 8.33. The second-order valence-corrected chi connectivity index (χ2v) is 6.33. The maximum absolute atomic E-state index is 12.4. The van der Waals surface area contributed by atoms with Crippen molar-refractivity contribution in [1.82, 2.24) is 4.90 Å². The third kappa shape index (κ3) is 2.86. The highest BCUT2D eigenvalue weighted by molar-refractivity contribution is 6.08. The Morgan fingerprint density at radius 2 is 1.68 bits per heavy atom. The number of hydrogen-bond donors (Lipinski definition) is 1. The van der Waals surface area contributed by atoms with Crippen molar-refractivity contribution in [3.05, 3.63) is 30.4 Å². The quantitative estimate of drug-likeness (QED) is 0.662. The van der Waals surface area contributed by atoms with Gasteiger partial charge in [-0.3, -0.25) is 19.3 Å². The van der Waals surface area contributed by atoms with Gasteiger partial charge in [-0.1, -0.05) is 12.2 Å². The summed E-state index contributed by atoms with van der Waals surface area (Å²) in [7, 11) is 0. The zero-order valence-corrected chi connectivity index (χ0v) is 13.6. The minimum Gasteiger partial charge on any atom is -0.486 e. The van der Waals surface area contributed by atoms with Gasteiger partial charge in [-0.2, -0.15) is 0 Å². The number of hydrogen-bond acceptors (Lipinski definition) is 5. The number of nitrogens with one attached hydrogen (secondary N) is 1. The van der Waals surface area contributed by atoms with Crippen LogP contribution in [0.4, 0.5) is 5.69 Å². The number of imide groups is 1. The van der Waals surface area contributed by atoms with Crippen LogP contribution in [0.2, 0.25) is 0 Å². The summed E-state index contributed by atoms with van der Waals surface area (Å²) in [6.45, 7) is 0.687. The van der Waals surface area contributed by atoms with Crippen LogP contribution in [0.1, 0.15) is 12.8 Å². The molecule has 3 amide bonds. The Labute approximate surface area is 144 Å². The zero-order chi connectivity index (χ0) is 17.4. The summed E-state index contributed by atoms with van der Waals surface area (Å²) in [5.74, 6) is -0.363. The van der Waals surface area contributed by atoms with Crippen LogP contribution in [0.25, 0.3) is 0 Å². The number of carbonyl (C=O) groups is 3. The molecule has 25 heavy (non-hydrogen) atoms. The second-order valence-electron chi connectivity index (χ2n) is 6.33. The van der Waals surface area contributed by atoms with E-state index in [1.807, 2.05) is 12.2 Å². The molecule has 1 aliphatic carbocycles. The number of nitrogens with zero attached hydrogens (tertiary/aromatic N) is 1. The molecule has 0 aromatic heterocycles. The third-order valence-electron chi connectivity index (χ3n) is 4.73. The van der Waals surface area contributed by atoms with Crippen molar-refractivity contribution in [3.63, 3.8) is 0 Å². The lowest BCUT2D eigenvalue weighted by atomic mass is 9.85. The Hall–Kier alpha value is -2.83. The van der Waals surface area contributed by atoms with E-state index in [0.717, 1.165) is 4.90 Å². The molecule has 4 rings (SSSR count). The van der Waals surface area contributed by atoms with Gasteiger partial charge >= 0.3 is 0 Å². The lowest BCUT2D eigenvalue weighted by molar-refractivity contribution is -0.142. The summed E-state index contributed by atoms with van der Waals surface area (Å²) in [5.41, 5.74) is 0.535. The first kappa shape index (κ1) is 15.7. The number of rotatable bonds is 3. The molecule has 0 saturated carbocycles. The second kappa shape index (κ2) is 6.23. The Morgan fingerprint density at radius 3 is 2.36 bits per heavy atom. The normalized spacial score (nSPS) is 24.2. The van der Waals surface area contributed by atoms with E-state index in [1.165, 1.54) is 0 Å². The van der Waals surface area contributed by atoms with Crippen LogP contribution in [-0.2, 0) is 14.4 Å². The highest BCUT2D eigenvalue weighted by atomic mass is 16.6. The molecule has 3 aliphatic rings. The first-order chi connectivity index (χ1) is 12.1. The molecule has 0 unspecified atom stereocenters. The minimum atomic E-state index is -0.412. The summed E-state index contributed by atoms with van der Waals surface area (Å²) >= 11 is 0. The molecular formula is C18H18N2O5. The number of anilines is 1. The average Bonchev–Trinajstić information content (AvgIpc) is 2.87. The maximum atomic E-state index is 12.4.